The maximum atomic E-state index is 4.32. The van der Waals surface area contributed by atoms with Crippen LogP contribution < -0.4 is 2.89 Å². The van der Waals surface area contributed by atoms with E-state index >= 15 is 0 Å². The molecular weight excluding hydrogens is 249 g/mol. The van der Waals surface area contributed by atoms with Gasteiger partial charge in [-0.05, 0) is 0 Å². The Morgan fingerprint density at radius 2 is 2.50 bits per heavy atom. The molecule has 0 saturated heterocycles. The molecule has 1 heterocycles. The van der Waals surface area contributed by atoms with Crippen molar-refractivity contribution in [2.75, 3.05) is 0 Å². The summed E-state index contributed by atoms with van der Waals surface area (Å²) in [5, 5.41) is 1.34. The van der Waals surface area contributed by atoms with E-state index in [9.17, 15) is 0 Å². The summed E-state index contributed by atoms with van der Waals surface area (Å²) in [5.41, 5.74) is 0. The Hall–Kier alpha value is 0.429. The zero-order chi connectivity index (χ0) is 7.40. The molecular formula is C7H13NSSn. The van der Waals surface area contributed by atoms with Gasteiger partial charge in [0.15, 0.2) is 0 Å². The van der Waals surface area contributed by atoms with Crippen molar-refractivity contribution in [2.45, 2.75) is 26.2 Å². The van der Waals surface area contributed by atoms with Crippen molar-refractivity contribution in [2.24, 2.45) is 0 Å². The average Bonchev–Trinajstić information content (AvgIpc) is 2.31. The van der Waals surface area contributed by atoms with Crippen LogP contribution >= 0.6 is 11.3 Å². The predicted molar refractivity (Wildman–Crippen MR) is 50.3 cm³/mol. The van der Waals surface area contributed by atoms with Crippen LogP contribution in [0.1, 0.15) is 24.8 Å². The molecule has 0 bridgehead atoms. The monoisotopic (exact) mass is 263 g/mol. The van der Waals surface area contributed by atoms with Gasteiger partial charge in [-0.1, -0.05) is 0 Å². The van der Waals surface area contributed by atoms with E-state index in [0.29, 0.717) is 22.5 Å². The van der Waals surface area contributed by atoms with Crippen molar-refractivity contribution in [1.82, 2.24) is 4.98 Å². The number of aromatic nitrogens is 1. The van der Waals surface area contributed by atoms with Crippen LogP contribution in [0.3, 0.4) is 0 Å². The van der Waals surface area contributed by atoms with Crippen LogP contribution in [-0.4, -0.2) is 27.5 Å². The Morgan fingerprint density at radius 3 is 3.00 bits per heavy atom. The van der Waals surface area contributed by atoms with E-state index < -0.39 is 0 Å². The van der Waals surface area contributed by atoms with Crippen molar-refractivity contribution >= 4 is 36.8 Å². The predicted octanol–water partition coefficient (Wildman–Crippen LogP) is 0.476. The topological polar surface area (TPSA) is 12.9 Å². The summed E-state index contributed by atoms with van der Waals surface area (Å²) < 4.78 is 1.54. The number of nitrogens with zero attached hydrogens (tertiary/aromatic N) is 1. The molecule has 0 fully saturated rings. The number of aryl methyl sites for hydroxylation is 1. The molecule has 0 aromatic carbocycles. The molecule has 56 valence electrons. The van der Waals surface area contributed by atoms with Crippen LogP contribution in [0.4, 0.5) is 0 Å². The first-order valence-corrected chi connectivity index (χ1v) is 7.41. The normalized spacial score (nSPS) is 10.5. The minimum atomic E-state index is 0.675. The van der Waals surface area contributed by atoms with Gasteiger partial charge in [-0.25, -0.2) is 0 Å². The summed E-state index contributed by atoms with van der Waals surface area (Å²) in [6.45, 7) is 2.22. The Bertz CT molecular complexity index is 197. The van der Waals surface area contributed by atoms with Crippen LogP contribution in [0.15, 0.2) is 6.20 Å². The van der Waals surface area contributed by atoms with E-state index in [2.05, 4.69) is 11.9 Å². The quantitative estimate of drug-likeness (QED) is 0.722. The molecule has 0 aliphatic heterocycles. The van der Waals surface area contributed by atoms with E-state index in [4.69, 9.17) is 0 Å². The molecule has 3 heteroatoms. The molecule has 0 radical (unpaired) electrons. The van der Waals surface area contributed by atoms with Gasteiger partial charge in [0.25, 0.3) is 0 Å². The van der Waals surface area contributed by atoms with E-state index in [0.717, 1.165) is 0 Å². The number of unbranched alkanes of at least 4 members (excludes halogenated alkanes) is 1. The SMILES string of the molecule is CCCCc1nc[c]([SnH3])s1. The summed E-state index contributed by atoms with van der Waals surface area (Å²) in [4.78, 5) is 4.32. The van der Waals surface area contributed by atoms with Gasteiger partial charge in [0.05, 0.1) is 0 Å². The van der Waals surface area contributed by atoms with E-state index in [-0.39, 0.29) is 0 Å². The molecule has 0 N–H and O–H groups in total. The fourth-order valence-corrected chi connectivity index (χ4v) is 4.06. The minimum absolute atomic E-state index is 0.675. The van der Waals surface area contributed by atoms with Gasteiger partial charge >= 0.3 is 79.1 Å². The zero-order valence-electron chi connectivity index (χ0n) is 6.55. The first kappa shape index (κ1) is 8.52. The Labute approximate surface area is 79.0 Å². The molecule has 0 spiro atoms. The van der Waals surface area contributed by atoms with Gasteiger partial charge in [0.1, 0.15) is 0 Å². The molecule has 0 saturated carbocycles. The molecule has 0 unspecified atom stereocenters. The molecule has 10 heavy (non-hydrogen) atoms. The fourth-order valence-electron chi connectivity index (χ4n) is 0.845. The summed E-state index contributed by atoms with van der Waals surface area (Å²) in [5.74, 6) is 0. The number of hydrogen-bond acceptors (Lipinski definition) is 2. The van der Waals surface area contributed by atoms with E-state index in [1.807, 2.05) is 17.5 Å². The number of rotatable bonds is 3. The third kappa shape index (κ3) is 2.58. The second-order valence-electron chi connectivity index (χ2n) is 2.47. The molecule has 1 aromatic rings. The Kier molecular flexibility index (Phi) is 3.70. The first-order valence-electron chi connectivity index (χ1n) is 3.74. The molecule has 1 aromatic heterocycles. The standard InChI is InChI=1S/C7H10NS.Sn.3H/c1-2-3-4-7-8-5-6-9-7;;;;/h5H,2-4H2,1H3;;;;. The number of thiazole rings is 1. The molecule has 0 atom stereocenters. The van der Waals surface area contributed by atoms with Crippen LogP contribution in [0.25, 0.3) is 0 Å². The second kappa shape index (κ2) is 4.34. The summed E-state index contributed by atoms with van der Waals surface area (Å²) in [6.07, 6.45) is 5.82. The first-order chi connectivity index (χ1) is 4.83. The molecule has 0 amide bonds. The molecule has 0 aliphatic carbocycles. The average molecular weight is 262 g/mol. The second-order valence-corrected chi connectivity index (χ2v) is 8.93. The van der Waals surface area contributed by atoms with Crippen molar-refractivity contribution < 1.29 is 0 Å². The number of hydrogen-bond donors (Lipinski definition) is 0. The third-order valence-corrected chi connectivity index (χ3v) is 4.87. The van der Waals surface area contributed by atoms with Gasteiger partial charge in [0, 0.05) is 0 Å². The van der Waals surface area contributed by atoms with Crippen LogP contribution in [0.2, 0.25) is 0 Å². The Balaban J connectivity index is 2.42. The summed E-state index contributed by atoms with van der Waals surface area (Å²) >= 11 is 2.59. The fraction of sp³-hybridized carbons (Fsp3) is 0.571. The van der Waals surface area contributed by atoms with Gasteiger partial charge in [0.2, 0.25) is 0 Å². The van der Waals surface area contributed by atoms with Gasteiger partial charge in [-0.3, -0.25) is 0 Å². The molecule has 0 aliphatic rings. The van der Waals surface area contributed by atoms with Crippen LogP contribution in [0, 0.1) is 0 Å². The van der Waals surface area contributed by atoms with Crippen molar-refractivity contribution in [3.05, 3.63) is 11.2 Å². The van der Waals surface area contributed by atoms with Gasteiger partial charge in [-0.2, -0.15) is 0 Å². The van der Waals surface area contributed by atoms with E-state index in [1.165, 1.54) is 27.2 Å². The Morgan fingerprint density at radius 1 is 1.70 bits per heavy atom. The van der Waals surface area contributed by atoms with Crippen molar-refractivity contribution in [3.63, 3.8) is 0 Å². The summed E-state index contributed by atoms with van der Waals surface area (Å²) in [7, 11) is 0. The maximum absolute atomic E-state index is 4.32. The summed E-state index contributed by atoms with van der Waals surface area (Å²) in [6, 6.07) is 0. The van der Waals surface area contributed by atoms with Gasteiger partial charge in [-0.15, -0.1) is 0 Å². The molecule has 1 nitrogen and oxygen atoms in total. The zero-order valence-corrected chi connectivity index (χ0v) is 13.1. The van der Waals surface area contributed by atoms with Crippen molar-refractivity contribution in [3.8, 4) is 0 Å². The molecule has 1 rings (SSSR count). The van der Waals surface area contributed by atoms with Crippen LogP contribution in [0.5, 0.6) is 0 Å². The van der Waals surface area contributed by atoms with Crippen LogP contribution in [-0.2, 0) is 6.42 Å². The van der Waals surface area contributed by atoms with Gasteiger partial charge < -0.3 is 0 Å². The van der Waals surface area contributed by atoms with Crippen molar-refractivity contribution in [1.29, 1.82) is 0 Å². The van der Waals surface area contributed by atoms with E-state index in [1.54, 1.807) is 0 Å². The third-order valence-electron chi connectivity index (χ3n) is 1.41.